The zero-order valence-electron chi connectivity index (χ0n) is 10.9. The number of amides is 1. The van der Waals surface area contributed by atoms with Gasteiger partial charge in [-0.1, -0.05) is 0 Å². The molecule has 3 rings (SSSR count). The Kier molecular flexibility index (Phi) is 3.46. The van der Waals surface area contributed by atoms with E-state index in [4.69, 9.17) is 5.11 Å². The summed E-state index contributed by atoms with van der Waals surface area (Å²) < 4.78 is 1.81. The van der Waals surface area contributed by atoms with E-state index in [9.17, 15) is 4.79 Å². The van der Waals surface area contributed by atoms with E-state index in [-0.39, 0.29) is 24.4 Å². The van der Waals surface area contributed by atoms with Gasteiger partial charge in [0.05, 0.1) is 25.4 Å². The molecule has 1 aliphatic carbocycles. The van der Waals surface area contributed by atoms with Gasteiger partial charge in [0.1, 0.15) is 6.33 Å². The average Bonchev–Trinajstić information content (AvgIpc) is 3.09. The summed E-state index contributed by atoms with van der Waals surface area (Å²) in [6, 6.07) is -0.0659. The van der Waals surface area contributed by atoms with Gasteiger partial charge in [-0.2, -0.15) is 10.2 Å². The van der Waals surface area contributed by atoms with Gasteiger partial charge in [0.25, 0.3) is 5.91 Å². The van der Waals surface area contributed by atoms with Crippen molar-refractivity contribution in [1.82, 2.24) is 30.3 Å². The van der Waals surface area contributed by atoms with Crippen LogP contribution in [0.5, 0.6) is 0 Å². The Morgan fingerprint density at radius 2 is 2.50 bits per heavy atom. The van der Waals surface area contributed by atoms with Gasteiger partial charge in [0.15, 0.2) is 0 Å². The van der Waals surface area contributed by atoms with Crippen LogP contribution in [0.4, 0.5) is 0 Å². The summed E-state index contributed by atoms with van der Waals surface area (Å²) in [5.41, 5.74) is 2.12. The Balaban J connectivity index is 1.78. The van der Waals surface area contributed by atoms with Crippen molar-refractivity contribution in [3.8, 4) is 0 Å². The number of aliphatic hydroxyl groups excluding tert-OH is 1. The summed E-state index contributed by atoms with van der Waals surface area (Å²) in [5.74, 6) is -0.0601. The Morgan fingerprint density at radius 3 is 3.25 bits per heavy atom. The maximum atomic E-state index is 12.0. The second-order valence-corrected chi connectivity index (χ2v) is 4.75. The summed E-state index contributed by atoms with van der Waals surface area (Å²) in [7, 11) is 0. The number of rotatable bonds is 4. The minimum absolute atomic E-state index is 0.0587. The zero-order chi connectivity index (χ0) is 13.9. The molecule has 8 heteroatoms. The molecule has 1 aliphatic rings. The lowest BCUT2D eigenvalue weighted by molar-refractivity contribution is 0.0922. The molecule has 106 valence electrons. The van der Waals surface area contributed by atoms with Gasteiger partial charge in [0, 0.05) is 11.3 Å². The molecular formula is C12H16N6O2. The molecule has 0 spiro atoms. The van der Waals surface area contributed by atoms with Crippen molar-refractivity contribution in [2.24, 2.45) is 0 Å². The lowest BCUT2D eigenvalue weighted by Crippen LogP contribution is -2.31. The van der Waals surface area contributed by atoms with E-state index >= 15 is 0 Å². The van der Waals surface area contributed by atoms with Crippen molar-refractivity contribution in [1.29, 1.82) is 0 Å². The Labute approximate surface area is 115 Å². The van der Waals surface area contributed by atoms with Crippen LogP contribution in [0.3, 0.4) is 0 Å². The van der Waals surface area contributed by atoms with E-state index in [0.717, 1.165) is 30.5 Å². The van der Waals surface area contributed by atoms with Gasteiger partial charge < -0.3 is 10.4 Å². The van der Waals surface area contributed by atoms with Crippen molar-refractivity contribution in [3.63, 3.8) is 0 Å². The van der Waals surface area contributed by atoms with Gasteiger partial charge in [-0.15, -0.1) is 0 Å². The molecule has 3 N–H and O–H groups in total. The Hall–Kier alpha value is -2.22. The summed E-state index contributed by atoms with van der Waals surface area (Å²) in [6.45, 7) is 0.543. The molecule has 0 aliphatic heterocycles. The number of carbonyl (C=O) groups excluding carboxylic acids is 1. The quantitative estimate of drug-likeness (QED) is 0.716. The van der Waals surface area contributed by atoms with Crippen LogP contribution in [-0.4, -0.2) is 42.6 Å². The lowest BCUT2D eigenvalue weighted by atomic mass is 9.93. The molecule has 1 atom stereocenters. The van der Waals surface area contributed by atoms with Gasteiger partial charge >= 0.3 is 0 Å². The van der Waals surface area contributed by atoms with Crippen LogP contribution in [0.2, 0.25) is 0 Å². The Bertz CT molecular complexity index is 591. The second kappa shape index (κ2) is 5.41. The SMILES string of the molecule is O=C(NC1CCCc2c1cnn2CCO)c1ncn[nH]1. The minimum Gasteiger partial charge on any atom is -0.394 e. The van der Waals surface area contributed by atoms with Gasteiger partial charge in [-0.3, -0.25) is 14.6 Å². The lowest BCUT2D eigenvalue weighted by Gasteiger charge is -2.23. The predicted octanol–water partition coefficient (Wildman–Crippen LogP) is -0.199. The molecule has 8 nitrogen and oxygen atoms in total. The third kappa shape index (κ3) is 2.29. The number of nitrogens with zero attached hydrogens (tertiary/aromatic N) is 4. The first kappa shape index (κ1) is 12.8. The molecule has 20 heavy (non-hydrogen) atoms. The Morgan fingerprint density at radius 1 is 1.60 bits per heavy atom. The fraction of sp³-hybridized carbons (Fsp3) is 0.500. The maximum Gasteiger partial charge on any atom is 0.289 e. The number of H-pyrrole nitrogens is 1. The largest absolute Gasteiger partial charge is 0.394 e. The van der Waals surface area contributed by atoms with Crippen LogP contribution in [0.1, 0.15) is 40.8 Å². The molecule has 0 radical (unpaired) electrons. The van der Waals surface area contributed by atoms with Crippen molar-refractivity contribution in [2.45, 2.75) is 31.8 Å². The number of hydrogen-bond acceptors (Lipinski definition) is 5. The zero-order valence-corrected chi connectivity index (χ0v) is 10.9. The molecule has 2 aromatic heterocycles. The monoisotopic (exact) mass is 276 g/mol. The van der Waals surface area contributed by atoms with Crippen LogP contribution in [-0.2, 0) is 13.0 Å². The number of aromatic amines is 1. The number of fused-ring (bicyclic) bond motifs is 1. The smallest absolute Gasteiger partial charge is 0.289 e. The molecule has 1 unspecified atom stereocenters. The highest BCUT2D eigenvalue weighted by Gasteiger charge is 2.26. The number of aliphatic hydroxyl groups is 1. The minimum atomic E-state index is -0.268. The van der Waals surface area contributed by atoms with Crippen LogP contribution < -0.4 is 5.32 Å². The van der Waals surface area contributed by atoms with Crippen molar-refractivity contribution >= 4 is 5.91 Å². The van der Waals surface area contributed by atoms with Crippen LogP contribution in [0.15, 0.2) is 12.5 Å². The van der Waals surface area contributed by atoms with E-state index in [0.29, 0.717) is 6.54 Å². The molecule has 0 aromatic carbocycles. The van der Waals surface area contributed by atoms with Crippen molar-refractivity contribution in [3.05, 3.63) is 29.6 Å². The molecule has 0 fully saturated rings. The van der Waals surface area contributed by atoms with Crippen LogP contribution in [0, 0.1) is 0 Å². The van der Waals surface area contributed by atoms with Crippen molar-refractivity contribution in [2.75, 3.05) is 6.61 Å². The average molecular weight is 276 g/mol. The fourth-order valence-electron chi connectivity index (χ4n) is 2.60. The predicted molar refractivity (Wildman–Crippen MR) is 68.8 cm³/mol. The van der Waals surface area contributed by atoms with E-state index in [1.54, 1.807) is 6.20 Å². The molecule has 2 aromatic rings. The molecule has 0 saturated carbocycles. The first-order chi connectivity index (χ1) is 9.79. The summed E-state index contributed by atoms with van der Waals surface area (Å²) in [5, 5.41) is 22.5. The number of aromatic nitrogens is 5. The van der Waals surface area contributed by atoms with E-state index in [2.05, 4.69) is 25.6 Å². The molecule has 1 amide bonds. The molecule has 2 heterocycles. The number of carbonyl (C=O) groups is 1. The summed E-state index contributed by atoms with van der Waals surface area (Å²) >= 11 is 0. The second-order valence-electron chi connectivity index (χ2n) is 4.75. The molecule has 0 bridgehead atoms. The maximum absolute atomic E-state index is 12.0. The fourth-order valence-corrected chi connectivity index (χ4v) is 2.60. The highest BCUT2D eigenvalue weighted by Crippen LogP contribution is 2.29. The summed E-state index contributed by atoms with van der Waals surface area (Å²) in [4.78, 5) is 15.8. The third-order valence-electron chi connectivity index (χ3n) is 3.51. The standard InChI is InChI=1S/C12H16N6O2/c19-5-4-18-10-3-1-2-9(8(10)6-15-18)16-12(20)11-13-7-14-17-11/h6-7,9,19H,1-5H2,(H,16,20)(H,13,14,17). The van der Waals surface area contributed by atoms with E-state index in [1.807, 2.05) is 4.68 Å². The first-order valence-corrected chi connectivity index (χ1v) is 6.61. The third-order valence-corrected chi connectivity index (χ3v) is 3.51. The van der Waals surface area contributed by atoms with Crippen LogP contribution >= 0.6 is 0 Å². The van der Waals surface area contributed by atoms with E-state index in [1.165, 1.54) is 6.33 Å². The highest BCUT2D eigenvalue weighted by molar-refractivity contribution is 5.90. The topological polar surface area (TPSA) is 109 Å². The summed E-state index contributed by atoms with van der Waals surface area (Å²) in [6.07, 6.45) is 5.85. The highest BCUT2D eigenvalue weighted by atomic mass is 16.3. The first-order valence-electron chi connectivity index (χ1n) is 6.61. The van der Waals surface area contributed by atoms with E-state index < -0.39 is 0 Å². The normalized spacial score (nSPS) is 17.8. The number of hydrogen-bond donors (Lipinski definition) is 3. The van der Waals surface area contributed by atoms with Gasteiger partial charge in [0.2, 0.25) is 5.82 Å². The van der Waals surface area contributed by atoms with Crippen LogP contribution in [0.25, 0.3) is 0 Å². The molecular weight excluding hydrogens is 260 g/mol. The van der Waals surface area contributed by atoms with Gasteiger partial charge in [-0.05, 0) is 19.3 Å². The molecule has 0 saturated heterocycles. The van der Waals surface area contributed by atoms with Gasteiger partial charge in [-0.25, -0.2) is 4.98 Å². The van der Waals surface area contributed by atoms with Crippen molar-refractivity contribution < 1.29 is 9.90 Å². The number of nitrogens with one attached hydrogen (secondary N) is 2.